The average Bonchev–Trinajstić information content (AvgIpc) is 2.03. The summed E-state index contributed by atoms with van der Waals surface area (Å²) in [4.78, 5) is 10.4. The molecule has 0 saturated carbocycles. The highest BCUT2D eigenvalue weighted by atomic mass is 16.1. The van der Waals surface area contributed by atoms with Gasteiger partial charge in [-0.15, -0.1) is 0 Å². The van der Waals surface area contributed by atoms with Crippen LogP contribution in [0.25, 0.3) is 6.08 Å². The molecule has 62 valence electrons. The van der Waals surface area contributed by atoms with Gasteiger partial charge in [-0.25, -0.2) is 0 Å². The molecule has 0 aliphatic heterocycles. The smallest absolute Gasteiger partial charge is 0.241 e. The molecule has 2 heteroatoms. The van der Waals surface area contributed by atoms with Crippen LogP contribution in [0.5, 0.6) is 0 Å². The third-order valence-corrected chi connectivity index (χ3v) is 1.52. The van der Waals surface area contributed by atoms with Crippen molar-refractivity contribution < 1.29 is 4.79 Å². The zero-order valence-electron chi connectivity index (χ0n) is 6.95. The molecule has 0 radical (unpaired) electrons. The lowest BCUT2D eigenvalue weighted by Crippen LogP contribution is -2.04. The summed E-state index contributed by atoms with van der Waals surface area (Å²) in [6.07, 6.45) is 3.05. The molecule has 2 nitrogen and oxygen atoms in total. The van der Waals surface area contributed by atoms with Crippen LogP contribution < -0.4 is 5.73 Å². The van der Waals surface area contributed by atoms with Crippen molar-refractivity contribution in [3.63, 3.8) is 0 Å². The van der Waals surface area contributed by atoms with Gasteiger partial charge in [-0.2, -0.15) is 0 Å². The number of primary amides is 1. The van der Waals surface area contributed by atoms with Gasteiger partial charge in [-0.1, -0.05) is 29.8 Å². The van der Waals surface area contributed by atoms with Crippen LogP contribution in [-0.4, -0.2) is 5.91 Å². The molecule has 1 rings (SSSR count). The molecule has 0 heterocycles. The van der Waals surface area contributed by atoms with E-state index >= 15 is 0 Å². The molecular weight excluding hydrogens is 150 g/mol. The lowest BCUT2D eigenvalue weighted by Gasteiger charge is -1.93. The summed E-state index contributed by atoms with van der Waals surface area (Å²) in [5.41, 5.74) is 7.13. The summed E-state index contributed by atoms with van der Waals surface area (Å²) in [5.74, 6) is -0.421. The average molecular weight is 161 g/mol. The van der Waals surface area contributed by atoms with Crippen molar-refractivity contribution >= 4 is 12.0 Å². The second kappa shape index (κ2) is 3.72. The van der Waals surface area contributed by atoms with Gasteiger partial charge >= 0.3 is 0 Å². The molecule has 0 bridgehead atoms. The maximum atomic E-state index is 10.4. The van der Waals surface area contributed by atoms with E-state index < -0.39 is 5.91 Å². The Labute approximate surface area is 71.7 Å². The Hall–Kier alpha value is -1.57. The molecule has 0 spiro atoms. The minimum absolute atomic E-state index is 0.421. The van der Waals surface area contributed by atoms with Crippen LogP contribution in [0, 0.1) is 6.92 Å². The number of carbonyl (C=O) groups is 1. The highest BCUT2D eigenvalue weighted by molar-refractivity contribution is 5.90. The Bertz CT molecular complexity index is 298. The first-order chi connectivity index (χ1) is 5.68. The van der Waals surface area contributed by atoms with E-state index in [4.69, 9.17) is 5.73 Å². The third kappa shape index (κ3) is 2.58. The quantitative estimate of drug-likeness (QED) is 0.656. The van der Waals surface area contributed by atoms with Gasteiger partial charge in [0.25, 0.3) is 0 Å². The lowest BCUT2D eigenvalue weighted by molar-refractivity contribution is -0.113. The molecule has 2 N–H and O–H groups in total. The predicted molar refractivity (Wildman–Crippen MR) is 49.4 cm³/mol. The molecule has 1 aromatic carbocycles. The number of carbonyl (C=O) groups excluding carboxylic acids is 1. The van der Waals surface area contributed by atoms with E-state index in [0.29, 0.717) is 0 Å². The molecule has 0 atom stereocenters. The van der Waals surface area contributed by atoms with E-state index in [1.54, 1.807) is 6.08 Å². The van der Waals surface area contributed by atoms with Crippen LogP contribution in [0.2, 0.25) is 0 Å². The normalized spacial score (nSPS) is 10.4. The van der Waals surface area contributed by atoms with Crippen LogP contribution in [0.15, 0.2) is 30.3 Å². The molecule has 0 aliphatic carbocycles. The summed E-state index contributed by atoms with van der Waals surface area (Å²) in [5, 5.41) is 0. The molecule has 1 aromatic rings. The summed E-state index contributed by atoms with van der Waals surface area (Å²) < 4.78 is 0. The Morgan fingerprint density at radius 1 is 1.33 bits per heavy atom. The zero-order valence-corrected chi connectivity index (χ0v) is 6.95. The fourth-order valence-corrected chi connectivity index (χ4v) is 0.856. The fourth-order valence-electron chi connectivity index (χ4n) is 0.856. The first-order valence-electron chi connectivity index (χ1n) is 3.72. The van der Waals surface area contributed by atoms with Crippen molar-refractivity contribution in [2.75, 3.05) is 0 Å². The first-order valence-corrected chi connectivity index (χ1v) is 3.72. The van der Waals surface area contributed by atoms with Crippen LogP contribution in [-0.2, 0) is 4.79 Å². The van der Waals surface area contributed by atoms with Crippen molar-refractivity contribution in [1.29, 1.82) is 0 Å². The van der Waals surface area contributed by atoms with Gasteiger partial charge < -0.3 is 5.73 Å². The van der Waals surface area contributed by atoms with E-state index in [9.17, 15) is 4.79 Å². The summed E-state index contributed by atoms with van der Waals surface area (Å²) in [6, 6.07) is 7.85. The molecule has 1 amide bonds. The molecule has 0 aliphatic rings. The minimum Gasteiger partial charge on any atom is -0.366 e. The van der Waals surface area contributed by atoms with E-state index in [1.165, 1.54) is 11.6 Å². The third-order valence-electron chi connectivity index (χ3n) is 1.52. The molecule has 0 saturated heterocycles. The second-order valence-corrected chi connectivity index (χ2v) is 2.65. The lowest BCUT2D eigenvalue weighted by atomic mass is 10.1. The Balaban J connectivity index is 2.77. The number of amides is 1. The molecule has 12 heavy (non-hydrogen) atoms. The largest absolute Gasteiger partial charge is 0.366 e. The summed E-state index contributed by atoms with van der Waals surface area (Å²) in [6.45, 7) is 2.02. The number of aryl methyl sites for hydroxylation is 1. The number of benzene rings is 1. The van der Waals surface area contributed by atoms with Crippen molar-refractivity contribution in [1.82, 2.24) is 0 Å². The Morgan fingerprint density at radius 2 is 1.92 bits per heavy atom. The number of rotatable bonds is 2. The number of nitrogens with two attached hydrogens (primary N) is 1. The van der Waals surface area contributed by atoms with Gasteiger partial charge in [0, 0.05) is 6.08 Å². The van der Waals surface area contributed by atoms with Crippen LogP contribution >= 0.6 is 0 Å². The molecule has 0 fully saturated rings. The summed E-state index contributed by atoms with van der Waals surface area (Å²) >= 11 is 0. The van der Waals surface area contributed by atoms with Gasteiger partial charge in [0.1, 0.15) is 0 Å². The van der Waals surface area contributed by atoms with Crippen LogP contribution in [0.4, 0.5) is 0 Å². The fraction of sp³-hybridized carbons (Fsp3) is 0.100. The van der Waals surface area contributed by atoms with Crippen molar-refractivity contribution in [2.45, 2.75) is 6.92 Å². The van der Waals surface area contributed by atoms with Crippen LogP contribution in [0.3, 0.4) is 0 Å². The molecule has 0 aromatic heterocycles. The van der Waals surface area contributed by atoms with Crippen molar-refractivity contribution in [3.8, 4) is 0 Å². The van der Waals surface area contributed by atoms with E-state index in [2.05, 4.69) is 0 Å². The van der Waals surface area contributed by atoms with Gasteiger partial charge in [0.2, 0.25) is 5.91 Å². The van der Waals surface area contributed by atoms with Gasteiger partial charge in [0.15, 0.2) is 0 Å². The molecular formula is C10H11NO. The van der Waals surface area contributed by atoms with Gasteiger partial charge in [-0.3, -0.25) is 4.79 Å². The molecule has 0 unspecified atom stereocenters. The van der Waals surface area contributed by atoms with Crippen molar-refractivity contribution in [3.05, 3.63) is 41.5 Å². The van der Waals surface area contributed by atoms with E-state index in [-0.39, 0.29) is 0 Å². The van der Waals surface area contributed by atoms with Crippen LogP contribution in [0.1, 0.15) is 11.1 Å². The highest BCUT2D eigenvalue weighted by Crippen LogP contribution is 2.04. The first kappa shape index (κ1) is 8.53. The topological polar surface area (TPSA) is 43.1 Å². The SMILES string of the molecule is Cc1ccc(C=CC(N)=O)cc1. The van der Waals surface area contributed by atoms with E-state index in [1.807, 2.05) is 31.2 Å². The Kier molecular flexibility index (Phi) is 2.64. The standard InChI is InChI=1S/C10H11NO/c1-8-2-4-9(5-3-8)6-7-10(11)12/h2-7H,1H3,(H2,11,12). The predicted octanol–water partition coefficient (Wildman–Crippen LogP) is 1.49. The van der Waals surface area contributed by atoms with E-state index in [0.717, 1.165) is 5.56 Å². The Morgan fingerprint density at radius 3 is 2.42 bits per heavy atom. The maximum absolute atomic E-state index is 10.4. The van der Waals surface area contributed by atoms with Crippen molar-refractivity contribution in [2.24, 2.45) is 5.73 Å². The second-order valence-electron chi connectivity index (χ2n) is 2.65. The number of hydrogen-bond donors (Lipinski definition) is 1. The number of hydrogen-bond acceptors (Lipinski definition) is 1. The minimum atomic E-state index is -0.421. The van der Waals surface area contributed by atoms with Gasteiger partial charge in [0.05, 0.1) is 0 Å². The zero-order chi connectivity index (χ0) is 8.97. The highest BCUT2D eigenvalue weighted by Gasteiger charge is 1.87. The monoisotopic (exact) mass is 161 g/mol. The van der Waals surface area contributed by atoms with Gasteiger partial charge in [-0.05, 0) is 18.6 Å². The summed E-state index contributed by atoms with van der Waals surface area (Å²) in [7, 11) is 0. The maximum Gasteiger partial charge on any atom is 0.241 e.